The Kier molecular flexibility index (Phi) is 9.54. The number of benzene rings is 4. The third kappa shape index (κ3) is 7.59. The molecule has 1 aromatic heterocycles. The number of phenols is 1. The zero-order valence-electron chi connectivity index (χ0n) is 24.0. The van der Waals surface area contributed by atoms with Gasteiger partial charge in [0.15, 0.2) is 6.29 Å². The van der Waals surface area contributed by atoms with Crippen LogP contribution in [0.1, 0.15) is 41.1 Å². The van der Waals surface area contributed by atoms with E-state index in [-0.39, 0.29) is 36.0 Å². The number of nitrogens with one attached hydrogen (secondary N) is 1. The van der Waals surface area contributed by atoms with Gasteiger partial charge in [0.2, 0.25) is 15.2 Å². The molecule has 6 rings (SSSR count). The fourth-order valence-corrected chi connectivity index (χ4v) is 6.82. The lowest BCUT2D eigenvalue weighted by Gasteiger charge is -2.36. The standard InChI is InChI=1S/C32H31N5O6S2/c38-20-23-8-10-24(11-9-23)30-18-28(21-44-32-34-35-36-37(32)26-14-16-27(39)17-15-26)42-31(43-30)25-12-6-22(7-13-25)19-33-45(40,41)29-4-2-1-3-5-29/h1-17,28,30-31,33,38-39H,18-21H2/t28-,30+,31+/m1/s1. The van der Waals surface area contributed by atoms with Crippen molar-refractivity contribution in [2.45, 2.75) is 48.1 Å². The van der Waals surface area contributed by atoms with E-state index in [2.05, 4.69) is 20.2 Å². The maximum absolute atomic E-state index is 12.6. The molecule has 45 heavy (non-hydrogen) atoms. The second-order valence-corrected chi connectivity index (χ2v) is 13.2. The number of aliphatic hydroxyl groups is 1. The van der Waals surface area contributed by atoms with Crippen molar-refractivity contribution in [3.63, 3.8) is 0 Å². The number of thioether (sulfide) groups is 1. The van der Waals surface area contributed by atoms with Gasteiger partial charge in [0, 0.05) is 24.3 Å². The molecule has 0 aliphatic carbocycles. The van der Waals surface area contributed by atoms with Crippen molar-refractivity contribution in [1.29, 1.82) is 0 Å². The van der Waals surface area contributed by atoms with Crippen LogP contribution < -0.4 is 4.72 Å². The van der Waals surface area contributed by atoms with Crippen LogP contribution in [0.4, 0.5) is 0 Å². The van der Waals surface area contributed by atoms with Crippen molar-refractivity contribution in [1.82, 2.24) is 24.9 Å². The summed E-state index contributed by atoms with van der Waals surface area (Å²) in [6.45, 7) is 0.0964. The average molecular weight is 646 g/mol. The Morgan fingerprint density at radius 2 is 1.56 bits per heavy atom. The molecule has 3 N–H and O–H groups in total. The molecule has 0 spiro atoms. The quantitative estimate of drug-likeness (QED) is 0.173. The minimum atomic E-state index is -3.63. The maximum atomic E-state index is 12.6. The van der Waals surface area contributed by atoms with Crippen LogP contribution in [0.15, 0.2) is 113 Å². The predicted molar refractivity (Wildman–Crippen MR) is 167 cm³/mol. The van der Waals surface area contributed by atoms with Crippen LogP contribution in [-0.4, -0.2) is 50.7 Å². The Morgan fingerprint density at radius 3 is 2.27 bits per heavy atom. The molecule has 1 saturated heterocycles. The van der Waals surface area contributed by atoms with Gasteiger partial charge in [0.25, 0.3) is 0 Å². The fraction of sp³-hybridized carbons (Fsp3) is 0.219. The molecule has 0 amide bonds. The molecule has 0 unspecified atom stereocenters. The molecule has 1 aliphatic heterocycles. The summed E-state index contributed by atoms with van der Waals surface area (Å²) in [6, 6.07) is 30.0. The highest BCUT2D eigenvalue weighted by atomic mass is 32.2. The fourth-order valence-electron chi connectivity index (χ4n) is 4.87. The molecule has 13 heteroatoms. The van der Waals surface area contributed by atoms with Crippen molar-refractivity contribution >= 4 is 21.8 Å². The summed E-state index contributed by atoms with van der Waals surface area (Å²) in [6.07, 6.45) is -0.580. The first-order valence-corrected chi connectivity index (χ1v) is 16.7. The van der Waals surface area contributed by atoms with E-state index in [0.717, 1.165) is 27.9 Å². The highest BCUT2D eigenvalue weighted by Crippen LogP contribution is 2.39. The molecule has 0 radical (unpaired) electrons. The number of rotatable bonds is 11. The number of hydrogen-bond donors (Lipinski definition) is 3. The molecule has 5 aromatic rings. The van der Waals surface area contributed by atoms with E-state index in [9.17, 15) is 18.6 Å². The molecule has 11 nitrogen and oxygen atoms in total. The normalized spacial score (nSPS) is 18.6. The summed E-state index contributed by atoms with van der Waals surface area (Å²) in [5.41, 5.74) is 4.09. The van der Waals surface area contributed by atoms with Crippen molar-refractivity contribution in [2.75, 3.05) is 5.75 Å². The third-order valence-electron chi connectivity index (χ3n) is 7.32. The van der Waals surface area contributed by atoms with Crippen LogP contribution in [0, 0.1) is 0 Å². The first-order valence-electron chi connectivity index (χ1n) is 14.2. The third-order valence-corrected chi connectivity index (χ3v) is 9.79. The van der Waals surface area contributed by atoms with Gasteiger partial charge in [-0.25, -0.2) is 13.1 Å². The van der Waals surface area contributed by atoms with Gasteiger partial charge in [0.05, 0.1) is 29.4 Å². The monoisotopic (exact) mass is 645 g/mol. The van der Waals surface area contributed by atoms with Gasteiger partial charge in [-0.1, -0.05) is 78.5 Å². The van der Waals surface area contributed by atoms with Gasteiger partial charge in [-0.15, -0.1) is 5.10 Å². The second kappa shape index (κ2) is 13.9. The highest BCUT2D eigenvalue weighted by molar-refractivity contribution is 7.99. The van der Waals surface area contributed by atoms with Crippen LogP contribution >= 0.6 is 11.8 Å². The zero-order chi connectivity index (χ0) is 31.2. The first-order chi connectivity index (χ1) is 21.9. The maximum Gasteiger partial charge on any atom is 0.240 e. The van der Waals surface area contributed by atoms with Crippen molar-refractivity contribution in [3.8, 4) is 11.4 Å². The molecule has 0 bridgehead atoms. The summed E-state index contributed by atoms with van der Waals surface area (Å²) >= 11 is 1.45. The van der Waals surface area contributed by atoms with Crippen LogP contribution in [0.3, 0.4) is 0 Å². The SMILES string of the molecule is O=S(=O)(NCc1ccc([C@H]2O[C@@H](CSc3nnnn3-c3ccc(O)cc3)C[C@@H](c3ccc(CO)cc3)O2)cc1)c1ccccc1. The lowest BCUT2D eigenvalue weighted by molar-refractivity contribution is -0.245. The molecule has 2 heterocycles. The molecule has 4 aromatic carbocycles. The minimum Gasteiger partial charge on any atom is -0.508 e. The Morgan fingerprint density at radius 1 is 0.867 bits per heavy atom. The number of nitrogens with zero attached hydrogens (tertiary/aromatic N) is 4. The summed E-state index contributed by atoms with van der Waals surface area (Å²) in [5, 5.41) is 31.8. The predicted octanol–water partition coefficient (Wildman–Crippen LogP) is 4.68. The van der Waals surface area contributed by atoms with Gasteiger partial charge in [0.1, 0.15) is 5.75 Å². The Hall–Kier alpha value is -4.11. The molecule has 1 fully saturated rings. The second-order valence-electron chi connectivity index (χ2n) is 10.4. The Balaban J connectivity index is 1.17. The number of hydrogen-bond acceptors (Lipinski definition) is 10. The summed E-state index contributed by atoms with van der Waals surface area (Å²) in [4.78, 5) is 0.213. The largest absolute Gasteiger partial charge is 0.508 e. The summed E-state index contributed by atoms with van der Waals surface area (Å²) < 4.78 is 42.4. The van der Waals surface area contributed by atoms with Gasteiger partial charge in [-0.3, -0.25) is 0 Å². The van der Waals surface area contributed by atoms with E-state index in [4.69, 9.17) is 9.47 Å². The summed E-state index contributed by atoms with van der Waals surface area (Å²) in [7, 11) is -3.63. The van der Waals surface area contributed by atoms with Crippen LogP contribution in [-0.2, 0) is 32.6 Å². The number of tetrazole rings is 1. The number of phenolic OH excluding ortho intramolecular Hbond substituents is 1. The van der Waals surface area contributed by atoms with Crippen LogP contribution in [0.5, 0.6) is 5.75 Å². The Labute approximate surface area is 264 Å². The molecular formula is C32H31N5O6S2. The molecule has 0 saturated carbocycles. The van der Waals surface area contributed by atoms with Gasteiger partial charge in [-0.05, 0) is 63.5 Å². The van der Waals surface area contributed by atoms with Gasteiger partial charge in [-0.2, -0.15) is 4.68 Å². The van der Waals surface area contributed by atoms with Crippen molar-refractivity contribution < 1.29 is 28.1 Å². The van der Waals surface area contributed by atoms with E-state index in [1.54, 1.807) is 59.3 Å². The van der Waals surface area contributed by atoms with E-state index in [1.807, 2.05) is 48.5 Å². The zero-order valence-corrected chi connectivity index (χ0v) is 25.6. The van der Waals surface area contributed by atoms with E-state index in [0.29, 0.717) is 17.3 Å². The van der Waals surface area contributed by atoms with E-state index < -0.39 is 16.3 Å². The number of aromatic nitrogens is 4. The molecule has 232 valence electrons. The topological polar surface area (TPSA) is 149 Å². The minimum absolute atomic E-state index is 0.0413. The molecule has 1 aliphatic rings. The first kappa shape index (κ1) is 30.9. The van der Waals surface area contributed by atoms with Crippen LogP contribution in [0.25, 0.3) is 5.69 Å². The lowest BCUT2D eigenvalue weighted by Crippen LogP contribution is -2.31. The molecular weight excluding hydrogens is 615 g/mol. The Bertz CT molecular complexity index is 1800. The van der Waals surface area contributed by atoms with Gasteiger partial charge >= 0.3 is 0 Å². The average Bonchev–Trinajstić information content (AvgIpc) is 3.56. The summed E-state index contributed by atoms with van der Waals surface area (Å²) in [5.74, 6) is 0.699. The van der Waals surface area contributed by atoms with Crippen molar-refractivity contribution in [3.05, 3.63) is 125 Å². The van der Waals surface area contributed by atoms with E-state index in [1.165, 1.54) is 11.8 Å². The molecule has 3 atom stereocenters. The van der Waals surface area contributed by atoms with Crippen LogP contribution in [0.2, 0.25) is 0 Å². The van der Waals surface area contributed by atoms with Crippen molar-refractivity contribution in [2.24, 2.45) is 0 Å². The number of sulfonamides is 1. The highest BCUT2D eigenvalue weighted by Gasteiger charge is 2.32. The van der Waals surface area contributed by atoms with E-state index >= 15 is 0 Å². The van der Waals surface area contributed by atoms with Gasteiger partial charge < -0.3 is 19.7 Å². The number of aliphatic hydroxyl groups excluding tert-OH is 1. The number of ether oxygens (including phenoxy) is 2. The number of aromatic hydroxyl groups is 1. The lowest BCUT2D eigenvalue weighted by atomic mass is 10.0. The smallest absolute Gasteiger partial charge is 0.240 e.